The third kappa shape index (κ3) is 3.88. The summed E-state index contributed by atoms with van der Waals surface area (Å²) < 4.78 is 31.7. The van der Waals surface area contributed by atoms with Gasteiger partial charge in [0.25, 0.3) is 0 Å². The van der Waals surface area contributed by atoms with Crippen LogP contribution in [0.25, 0.3) is 0 Å². The number of urea groups is 1. The van der Waals surface area contributed by atoms with Crippen LogP contribution < -0.4 is 5.32 Å². The van der Waals surface area contributed by atoms with E-state index in [4.69, 9.17) is 9.84 Å². The SMILES string of the molecule is O=C(O)CC1CN(C(=O)Nc2cccc(F)c2F)CCO1. The highest BCUT2D eigenvalue weighted by Gasteiger charge is 2.26. The average Bonchev–Trinajstić information content (AvgIpc) is 2.43. The Labute approximate surface area is 119 Å². The van der Waals surface area contributed by atoms with Gasteiger partial charge in [-0.2, -0.15) is 0 Å². The van der Waals surface area contributed by atoms with E-state index in [0.29, 0.717) is 0 Å². The molecule has 0 spiro atoms. The number of ether oxygens (including phenoxy) is 1. The maximum Gasteiger partial charge on any atom is 0.322 e. The normalized spacial score (nSPS) is 18.4. The number of carbonyl (C=O) groups excluding carboxylic acids is 1. The number of carbonyl (C=O) groups is 2. The Morgan fingerprint density at radius 2 is 2.19 bits per heavy atom. The van der Waals surface area contributed by atoms with Crippen molar-refractivity contribution >= 4 is 17.7 Å². The molecule has 6 nitrogen and oxygen atoms in total. The van der Waals surface area contributed by atoms with E-state index in [0.717, 1.165) is 6.07 Å². The van der Waals surface area contributed by atoms with Crippen LogP contribution in [0, 0.1) is 11.6 Å². The van der Waals surface area contributed by atoms with Crippen molar-refractivity contribution in [1.29, 1.82) is 0 Å². The zero-order valence-corrected chi connectivity index (χ0v) is 11.0. The van der Waals surface area contributed by atoms with Gasteiger partial charge in [0.05, 0.1) is 24.8 Å². The minimum atomic E-state index is -1.14. The fourth-order valence-corrected chi connectivity index (χ4v) is 2.02. The zero-order valence-electron chi connectivity index (χ0n) is 11.0. The van der Waals surface area contributed by atoms with Gasteiger partial charge in [0.2, 0.25) is 0 Å². The second-order valence-electron chi connectivity index (χ2n) is 4.57. The number of carboxylic acids is 1. The Morgan fingerprint density at radius 3 is 2.90 bits per heavy atom. The summed E-state index contributed by atoms with van der Waals surface area (Å²) in [6.45, 7) is 0.519. The van der Waals surface area contributed by atoms with Gasteiger partial charge < -0.3 is 20.1 Å². The van der Waals surface area contributed by atoms with Crippen molar-refractivity contribution in [3.05, 3.63) is 29.8 Å². The van der Waals surface area contributed by atoms with E-state index in [9.17, 15) is 18.4 Å². The molecule has 1 aliphatic rings. The van der Waals surface area contributed by atoms with Crippen LogP contribution in [0.3, 0.4) is 0 Å². The Morgan fingerprint density at radius 1 is 1.43 bits per heavy atom. The van der Waals surface area contributed by atoms with Gasteiger partial charge in [-0.3, -0.25) is 4.79 Å². The standard InChI is InChI=1S/C13H14F2N2O4/c14-9-2-1-3-10(12(9)15)16-13(20)17-4-5-21-8(7-17)6-11(18)19/h1-3,8H,4-7H2,(H,16,20)(H,18,19). The third-order valence-corrected chi connectivity index (χ3v) is 3.02. The number of carboxylic acid groups (broad SMARTS) is 1. The van der Waals surface area contributed by atoms with Crippen molar-refractivity contribution in [3.8, 4) is 0 Å². The van der Waals surface area contributed by atoms with Crippen molar-refractivity contribution in [1.82, 2.24) is 4.90 Å². The van der Waals surface area contributed by atoms with Crippen LogP contribution >= 0.6 is 0 Å². The number of nitrogens with one attached hydrogen (secondary N) is 1. The molecule has 2 rings (SSSR count). The number of hydrogen-bond donors (Lipinski definition) is 2. The van der Waals surface area contributed by atoms with E-state index in [1.165, 1.54) is 17.0 Å². The second-order valence-corrected chi connectivity index (χ2v) is 4.57. The van der Waals surface area contributed by atoms with E-state index >= 15 is 0 Å². The lowest BCUT2D eigenvalue weighted by Crippen LogP contribution is -2.48. The Hall–Kier alpha value is -2.22. The summed E-state index contributed by atoms with van der Waals surface area (Å²) in [6, 6.07) is 2.84. The largest absolute Gasteiger partial charge is 0.481 e. The Kier molecular flexibility index (Phi) is 4.69. The maximum absolute atomic E-state index is 13.5. The molecule has 1 unspecified atom stereocenters. The summed E-state index contributed by atoms with van der Waals surface area (Å²) >= 11 is 0. The molecule has 0 aliphatic carbocycles. The van der Waals surface area contributed by atoms with Crippen LogP contribution in [0.1, 0.15) is 6.42 Å². The van der Waals surface area contributed by atoms with Crippen LogP contribution in [0.2, 0.25) is 0 Å². The van der Waals surface area contributed by atoms with Gasteiger partial charge >= 0.3 is 12.0 Å². The predicted molar refractivity (Wildman–Crippen MR) is 68.9 cm³/mol. The summed E-state index contributed by atoms with van der Waals surface area (Å²) in [6.07, 6.45) is -0.836. The molecule has 1 saturated heterocycles. The molecule has 2 N–H and O–H groups in total. The van der Waals surface area contributed by atoms with Crippen molar-refractivity contribution in [2.45, 2.75) is 12.5 Å². The molecule has 0 saturated carbocycles. The molecule has 1 fully saturated rings. The summed E-state index contributed by atoms with van der Waals surface area (Å²) in [5.74, 6) is -3.22. The lowest BCUT2D eigenvalue weighted by Gasteiger charge is -2.32. The summed E-state index contributed by atoms with van der Waals surface area (Å²) in [5.41, 5.74) is -0.263. The van der Waals surface area contributed by atoms with Crippen LogP contribution in [0.15, 0.2) is 18.2 Å². The van der Waals surface area contributed by atoms with Gasteiger partial charge in [-0.15, -0.1) is 0 Å². The van der Waals surface area contributed by atoms with Gasteiger partial charge in [-0.25, -0.2) is 13.6 Å². The third-order valence-electron chi connectivity index (χ3n) is 3.02. The van der Waals surface area contributed by atoms with E-state index in [1.807, 2.05) is 0 Å². The molecular weight excluding hydrogens is 286 g/mol. The first-order valence-corrected chi connectivity index (χ1v) is 6.30. The summed E-state index contributed by atoms with van der Waals surface area (Å²) in [4.78, 5) is 23.9. The number of morpholine rings is 1. The Balaban J connectivity index is 1.99. The molecule has 1 aromatic rings. The molecule has 8 heteroatoms. The molecule has 0 aromatic heterocycles. The lowest BCUT2D eigenvalue weighted by atomic mass is 10.2. The topological polar surface area (TPSA) is 78.9 Å². The summed E-state index contributed by atoms with van der Waals surface area (Å²) in [7, 11) is 0. The highest BCUT2D eigenvalue weighted by atomic mass is 19.2. The minimum absolute atomic E-state index is 0.0784. The van der Waals surface area contributed by atoms with Gasteiger partial charge in [0.1, 0.15) is 0 Å². The highest BCUT2D eigenvalue weighted by Crippen LogP contribution is 2.18. The molecule has 21 heavy (non-hydrogen) atoms. The lowest BCUT2D eigenvalue weighted by molar-refractivity contribution is -0.141. The van der Waals surface area contributed by atoms with Crippen LogP contribution in [0.4, 0.5) is 19.3 Å². The van der Waals surface area contributed by atoms with Gasteiger partial charge in [0.15, 0.2) is 11.6 Å². The van der Waals surface area contributed by atoms with E-state index in [-0.39, 0.29) is 31.8 Å². The monoisotopic (exact) mass is 300 g/mol. The number of halogens is 2. The first-order chi connectivity index (χ1) is 9.97. The first kappa shape index (κ1) is 15.2. The van der Waals surface area contributed by atoms with Crippen LogP contribution in [-0.4, -0.2) is 47.8 Å². The summed E-state index contributed by atoms with van der Waals surface area (Å²) in [5, 5.41) is 11.0. The van der Waals surface area contributed by atoms with Crippen molar-refractivity contribution in [2.75, 3.05) is 25.0 Å². The predicted octanol–water partition coefficient (Wildman–Crippen LogP) is 1.67. The minimum Gasteiger partial charge on any atom is -0.481 e. The fourth-order valence-electron chi connectivity index (χ4n) is 2.02. The molecule has 1 aromatic carbocycles. The molecular formula is C13H14F2N2O4. The number of rotatable bonds is 3. The zero-order chi connectivity index (χ0) is 15.4. The number of aliphatic carboxylic acids is 1. The van der Waals surface area contributed by atoms with Crippen molar-refractivity contribution in [3.63, 3.8) is 0 Å². The quantitative estimate of drug-likeness (QED) is 0.890. The van der Waals surface area contributed by atoms with E-state index in [2.05, 4.69) is 5.32 Å². The number of benzene rings is 1. The molecule has 1 heterocycles. The van der Waals surface area contributed by atoms with Crippen LogP contribution in [0.5, 0.6) is 0 Å². The van der Waals surface area contributed by atoms with E-state index < -0.39 is 29.7 Å². The second kappa shape index (κ2) is 6.49. The molecule has 0 bridgehead atoms. The molecule has 0 radical (unpaired) electrons. The number of anilines is 1. The molecule has 1 aliphatic heterocycles. The molecule has 2 amide bonds. The van der Waals surface area contributed by atoms with Crippen LogP contribution in [-0.2, 0) is 9.53 Å². The highest BCUT2D eigenvalue weighted by molar-refractivity contribution is 5.89. The fraction of sp³-hybridized carbons (Fsp3) is 0.385. The van der Waals surface area contributed by atoms with Gasteiger partial charge in [-0.1, -0.05) is 6.07 Å². The van der Waals surface area contributed by atoms with E-state index in [1.54, 1.807) is 0 Å². The van der Waals surface area contributed by atoms with Gasteiger partial charge in [-0.05, 0) is 12.1 Å². The average molecular weight is 300 g/mol. The van der Waals surface area contributed by atoms with Crippen molar-refractivity contribution in [2.24, 2.45) is 0 Å². The molecule has 114 valence electrons. The Bertz CT molecular complexity index is 553. The number of nitrogens with zero attached hydrogens (tertiary/aromatic N) is 1. The smallest absolute Gasteiger partial charge is 0.322 e. The number of amides is 2. The molecule has 1 atom stereocenters. The van der Waals surface area contributed by atoms with Crippen molar-refractivity contribution < 1.29 is 28.2 Å². The van der Waals surface area contributed by atoms with Gasteiger partial charge in [0, 0.05) is 13.1 Å². The maximum atomic E-state index is 13.5. The number of hydrogen-bond acceptors (Lipinski definition) is 3. The first-order valence-electron chi connectivity index (χ1n) is 6.30.